The highest BCUT2D eigenvalue weighted by Crippen LogP contribution is 2.34. The van der Waals surface area contributed by atoms with E-state index in [0.29, 0.717) is 5.88 Å². The Morgan fingerprint density at radius 1 is 1.31 bits per heavy atom. The molecule has 0 amide bonds. The number of halogens is 1. The van der Waals surface area contributed by atoms with E-state index in [2.05, 4.69) is 26.8 Å². The van der Waals surface area contributed by atoms with Crippen molar-refractivity contribution in [3.8, 4) is 5.75 Å². The van der Waals surface area contributed by atoms with Crippen LogP contribution in [0.1, 0.15) is 34.7 Å². The lowest BCUT2D eigenvalue weighted by atomic mass is 9.93. The van der Waals surface area contributed by atoms with E-state index in [9.17, 15) is 0 Å². The van der Waals surface area contributed by atoms with Crippen LogP contribution in [0.2, 0.25) is 0 Å². The third-order valence-corrected chi connectivity index (χ3v) is 3.25. The number of methoxy groups -OCH3 is 1. The molecule has 0 heterocycles. The monoisotopic (exact) mass is 241 g/mol. The van der Waals surface area contributed by atoms with Gasteiger partial charge in [0.05, 0.1) is 7.11 Å². The van der Waals surface area contributed by atoms with E-state index in [1.54, 1.807) is 7.11 Å². The molecule has 1 aromatic carbocycles. The number of benzene rings is 1. The summed E-state index contributed by atoms with van der Waals surface area (Å²) in [6.07, 6.45) is 0.765. The van der Waals surface area contributed by atoms with Gasteiger partial charge < -0.3 is 10.5 Å². The second kappa shape index (κ2) is 5.55. The molecule has 2 N–H and O–H groups in total. The van der Waals surface area contributed by atoms with Gasteiger partial charge in [0.2, 0.25) is 0 Å². The SMILES string of the molecule is COc1c(C)c(C)cc(C)c1C(N)CCCl. The second-order valence-corrected chi connectivity index (χ2v) is 4.54. The Morgan fingerprint density at radius 3 is 2.44 bits per heavy atom. The summed E-state index contributed by atoms with van der Waals surface area (Å²) in [6, 6.07) is 2.10. The first-order valence-corrected chi connectivity index (χ1v) is 6.02. The first-order valence-electron chi connectivity index (χ1n) is 5.49. The normalized spacial score (nSPS) is 12.6. The molecule has 16 heavy (non-hydrogen) atoms. The topological polar surface area (TPSA) is 35.2 Å². The number of hydrogen-bond acceptors (Lipinski definition) is 2. The highest BCUT2D eigenvalue weighted by molar-refractivity contribution is 6.17. The molecule has 0 aliphatic rings. The van der Waals surface area contributed by atoms with Crippen LogP contribution in [0.15, 0.2) is 6.07 Å². The molecule has 90 valence electrons. The fourth-order valence-corrected chi connectivity index (χ4v) is 2.29. The molecule has 3 heteroatoms. The maximum absolute atomic E-state index is 6.14. The molecule has 0 fully saturated rings. The van der Waals surface area contributed by atoms with E-state index in [-0.39, 0.29) is 6.04 Å². The summed E-state index contributed by atoms with van der Waals surface area (Å²) in [6.45, 7) is 6.21. The maximum Gasteiger partial charge on any atom is 0.127 e. The summed E-state index contributed by atoms with van der Waals surface area (Å²) in [4.78, 5) is 0. The number of alkyl halides is 1. The highest BCUT2D eigenvalue weighted by Gasteiger charge is 2.17. The van der Waals surface area contributed by atoms with Gasteiger partial charge in [-0.15, -0.1) is 11.6 Å². The lowest BCUT2D eigenvalue weighted by Crippen LogP contribution is -2.14. The number of rotatable bonds is 4. The summed E-state index contributed by atoms with van der Waals surface area (Å²) < 4.78 is 5.48. The fraction of sp³-hybridized carbons (Fsp3) is 0.538. The zero-order chi connectivity index (χ0) is 12.3. The molecular formula is C13H20ClNO. The van der Waals surface area contributed by atoms with Crippen LogP contribution < -0.4 is 10.5 Å². The van der Waals surface area contributed by atoms with E-state index in [0.717, 1.165) is 23.3 Å². The van der Waals surface area contributed by atoms with E-state index < -0.39 is 0 Å². The molecule has 0 bridgehead atoms. The van der Waals surface area contributed by atoms with Crippen molar-refractivity contribution in [3.63, 3.8) is 0 Å². The molecule has 0 saturated heterocycles. The van der Waals surface area contributed by atoms with Crippen LogP contribution in [0.25, 0.3) is 0 Å². The Morgan fingerprint density at radius 2 is 1.94 bits per heavy atom. The van der Waals surface area contributed by atoms with Crippen molar-refractivity contribution in [2.24, 2.45) is 5.73 Å². The molecule has 0 radical (unpaired) electrons. The summed E-state index contributed by atoms with van der Waals surface area (Å²) in [5, 5.41) is 0. The van der Waals surface area contributed by atoms with Crippen LogP contribution in [0.3, 0.4) is 0 Å². The maximum atomic E-state index is 6.14. The predicted molar refractivity (Wildman–Crippen MR) is 69.5 cm³/mol. The molecule has 1 atom stereocenters. The molecule has 0 aliphatic heterocycles. The van der Waals surface area contributed by atoms with Gasteiger partial charge in [-0.1, -0.05) is 6.07 Å². The summed E-state index contributed by atoms with van der Waals surface area (Å²) in [7, 11) is 1.69. The molecule has 0 spiro atoms. The molecular weight excluding hydrogens is 222 g/mol. The lowest BCUT2D eigenvalue weighted by Gasteiger charge is -2.20. The molecule has 0 aliphatic carbocycles. The molecule has 1 aromatic rings. The van der Waals surface area contributed by atoms with E-state index in [1.165, 1.54) is 11.1 Å². The molecule has 1 rings (SSSR count). The Labute approximate surface area is 103 Å². The van der Waals surface area contributed by atoms with Gasteiger partial charge in [-0.25, -0.2) is 0 Å². The summed E-state index contributed by atoms with van der Waals surface area (Å²) in [5.74, 6) is 1.48. The zero-order valence-corrected chi connectivity index (χ0v) is 11.2. The molecule has 1 unspecified atom stereocenters. The first kappa shape index (κ1) is 13.3. The predicted octanol–water partition coefficient (Wildman–Crippen LogP) is 3.25. The molecule has 0 aromatic heterocycles. The minimum atomic E-state index is -0.0493. The first-order chi connectivity index (χ1) is 7.52. The smallest absolute Gasteiger partial charge is 0.127 e. The minimum Gasteiger partial charge on any atom is -0.496 e. The van der Waals surface area contributed by atoms with Gasteiger partial charge in [0.15, 0.2) is 0 Å². The summed E-state index contributed by atoms with van der Waals surface area (Å²) in [5.41, 5.74) is 10.8. The van der Waals surface area contributed by atoms with E-state index in [4.69, 9.17) is 22.1 Å². The van der Waals surface area contributed by atoms with Gasteiger partial charge >= 0.3 is 0 Å². The summed E-state index contributed by atoms with van der Waals surface area (Å²) >= 11 is 5.74. The van der Waals surface area contributed by atoms with Crippen molar-refractivity contribution < 1.29 is 4.74 Å². The van der Waals surface area contributed by atoms with E-state index in [1.807, 2.05) is 0 Å². The van der Waals surface area contributed by atoms with Crippen LogP contribution in [0.4, 0.5) is 0 Å². The van der Waals surface area contributed by atoms with Crippen LogP contribution in [0, 0.1) is 20.8 Å². The number of nitrogens with two attached hydrogens (primary N) is 1. The third kappa shape index (κ3) is 2.50. The Bertz CT molecular complexity index is 377. The van der Waals surface area contributed by atoms with Crippen LogP contribution in [-0.2, 0) is 0 Å². The van der Waals surface area contributed by atoms with Crippen LogP contribution in [-0.4, -0.2) is 13.0 Å². The standard InChI is InChI=1S/C13H20ClNO/c1-8-7-9(2)12(11(15)5-6-14)13(16-4)10(8)3/h7,11H,5-6,15H2,1-4H3. The van der Waals surface area contributed by atoms with Crippen LogP contribution >= 0.6 is 11.6 Å². The quantitative estimate of drug-likeness (QED) is 0.822. The Kier molecular flexibility index (Phi) is 4.63. The van der Waals surface area contributed by atoms with Crippen LogP contribution in [0.5, 0.6) is 5.75 Å². The number of ether oxygens (including phenoxy) is 1. The number of aryl methyl sites for hydroxylation is 2. The average molecular weight is 242 g/mol. The van der Waals surface area contributed by atoms with Gasteiger partial charge in [-0.2, -0.15) is 0 Å². The highest BCUT2D eigenvalue weighted by atomic mass is 35.5. The zero-order valence-electron chi connectivity index (χ0n) is 10.4. The fourth-order valence-electron chi connectivity index (χ4n) is 2.06. The van der Waals surface area contributed by atoms with Crippen molar-refractivity contribution in [2.45, 2.75) is 33.2 Å². The van der Waals surface area contributed by atoms with Gasteiger partial charge in [-0.3, -0.25) is 0 Å². The van der Waals surface area contributed by atoms with Crippen molar-refractivity contribution in [1.82, 2.24) is 0 Å². The van der Waals surface area contributed by atoms with Gasteiger partial charge in [0.25, 0.3) is 0 Å². The third-order valence-electron chi connectivity index (χ3n) is 3.03. The van der Waals surface area contributed by atoms with Gasteiger partial charge in [0.1, 0.15) is 5.75 Å². The van der Waals surface area contributed by atoms with Gasteiger partial charge in [0, 0.05) is 17.5 Å². The largest absolute Gasteiger partial charge is 0.496 e. The molecule has 2 nitrogen and oxygen atoms in total. The average Bonchev–Trinajstić information content (AvgIpc) is 2.23. The Hall–Kier alpha value is -0.730. The van der Waals surface area contributed by atoms with Crippen molar-refractivity contribution >= 4 is 11.6 Å². The lowest BCUT2D eigenvalue weighted by molar-refractivity contribution is 0.401. The minimum absolute atomic E-state index is 0.0493. The second-order valence-electron chi connectivity index (χ2n) is 4.17. The van der Waals surface area contributed by atoms with Crippen molar-refractivity contribution in [1.29, 1.82) is 0 Å². The van der Waals surface area contributed by atoms with E-state index >= 15 is 0 Å². The van der Waals surface area contributed by atoms with Gasteiger partial charge in [-0.05, 0) is 43.9 Å². The number of hydrogen-bond donors (Lipinski definition) is 1. The van der Waals surface area contributed by atoms with Crippen molar-refractivity contribution in [2.75, 3.05) is 13.0 Å². The van der Waals surface area contributed by atoms with Crippen molar-refractivity contribution in [3.05, 3.63) is 28.3 Å². The Balaban J connectivity index is 3.30. The molecule has 0 saturated carbocycles.